The predicted octanol–water partition coefficient (Wildman–Crippen LogP) is 2.34. The second-order valence-electron chi connectivity index (χ2n) is 5.86. The van der Waals surface area contributed by atoms with E-state index in [9.17, 15) is 9.59 Å². The first-order chi connectivity index (χ1) is 12.0. The molecule has 0 aliphatic rings. The third-order valence-corrected chi connectivity index (χ3v) is 4.99. The van der Waals surface area contributed by atoms with Crippen molar-refractivity contribution < 1.29 is 4.79 Å². The van der Waals surface area contributed by atoms with Crippen molar-refractivity contribution >= 4 is 17.2 Å². The molecular weight excluding hydrogens is 336 g/mol. The molecule has 0 fully saturated rings. The number of carbonyl (C=O) groups is 1. The summed E-state index contributed by atoms with van der Waals surface area (Å²) in [5.74, 6) is 0.361. The summed E-state index contributed by atoms with van der Waals surface area (Å²) in [6.07, 6.45) is 0. The van der Waals surface area contributed by atoms with Crippen LogP contribution in [0.25, 0.3) is 0 Å². The lowest BCUT2D eigenvalue weighted by molar-refractivity contribution is -0.122. The quantitative estimate of drug-likeness (QED) is 0.737. The van der Waals surface area contributed by atoms with Gasteiger partial charge in [0.05, 0.1) is 12.6 Å². The first-order valence-corrected chi connectivity index (χ1v) is 8.93. The zero-order valence-corrected chi connectivity index (χ0v) is 15.0. The molecule has 2 aromatic heterocycles. The zero-order valence-electron chi connectivity index (χ0n) is 14.2. The van der Waals surface area contributed by atoms with Gasteiger partial charge in [0.25, 0.3) is 0 Å². The Balaban J connectivity index is 1.70. The lowest BCUT2D eigenvalue weighted by Gasteiger charge is -2.11. The summed E-state index contributed by atoms with van der Waals surface area (Å²) in [5.41, 5.74) is 0.739. The van der Waals surface area contributed by atoms with Crippen LogP contribution in [0, 0.1) is 6.92 Å². The van der Waals surface area contributed by atoms with Crippen molar-refractivity contribution in [2.75, 3.05) is 0 Å². The number of benzene rings is 1. The van der Waals surface area contributed by atoms with Crippen LogP contribution in [0.15, 0.2) is 52.6 Å². The Kier molecular flexibility index (Phi) is 5.14. The van der Waals surface area contributed by atoms with Crippen molar-refractivity contribution in [1.29, 1.82) is 0 Å². The first kappa shape index (κ1) is 17.2. The fourth-order valence-electron chi connectivity index (χ4n) is 2.63. The molecule has 0 aliphatic carbocycles. The second-order valence-corrected chi connectivity index (χ2v) is 6.84. The van der Waals surface area contributed by atoms with E-state index in [2.05, 4.69) is 10.4 Å². The van der Waals surface area contributed by atoms with E-state index in [1.54, 1.807) is 22.8 Å². The fourth-order valence-corrected chi connectivity index (χ4v) is 3.37. The minimum atomic E-state index is -0.278. The van der Waals surface area contributed by atoms with Gasteiger partial charge in [-0.15, -0.1) is 11.3 Å². The molecule has 6 nitrogen and oxygen atoms in total. The molecule has 1 amide bonds. The molecule has 3 aromatic rings. The number of nitrogens with one attached hydrogen (secondary N) is 1. The van der Waals surface area contributed by atoms with Crippen LogP contribution in [0.5, 0.6) is 0 Å². The predicted molar refractivity (Wildman–Crippen MR) is 97.6 cm³/mol. The molecule has 130 valence electrons. The Morgan fingerprint density at radius 3 is 2.68 bits per heavy atom. The van der Waals surface area contributed by atoms with Crippen molar-refractivity contribution in [3.8, 4) is 0 Å². The molecule has 0 saturated heterocycles. The van der Waals surface area contributed by atoms with Crippen LogP contribution >= 0.6 is 11.3 Å². The molecule has 0 aliphatic heterocycles. The van der Waals surface area contributed by atoms with Crippen molar-refractivity contribution in [2.24, 2.45) is 0 Å². The summed E-state index contributed by atoms with van der Waals surface area (Å²) < 4.78 is 2.79. The molecule has 1 aromatic carbocycles. The van der Waals surface area contributed by atoms with E-state index >= 15 is 0 Å². The molecule has 3 rings (SSSR count). The Bertz CT molecular complexity index is 897. The second kappa shape index (κ2) is 7.48. The highest BCUT2D eigenvalue weighted by molar-refractivity contribution is 7.10. The molecule has 2 heterocycles. The monoisotopic (exact) mass is 356 g/mol. The summed E-state index contributed by atoms with van der Waals surface area (Å²) >= 11 is 1.59. The number of amides is 1. The minimum absolute atomic E-state index is 0.0861. The van der Waals surface area contributed by atoms with E-state index in [0.29, 0.717) is 12.4 Å². The number of rotatable bonds is 6. The average molecular weight is 356 g/mol. The molecule has 7 heteroatoms. The molecule has 25 heavy (non-hydrogen) atoms. The SMILES string of the molecule is Cc1nn(CC(=O)N[C@H](C)c2cccs2)c(=O)n1Cc1ccccc1. The number of carbonyl (C=O) groups excluding carboxylic acids is 1. The molecule has 0 bridgehead atoms. The summed E-state index contributed by atoms with van der Waals surface area (Å²) in [4.78, 5) is 25.8. The highest BCUT2D eigenvalue weighted by atomic mass is 32.1. The van der Waals surface area contributed by atoms with Crippen molar-refractivity contribution in [2.45, 2.75) is 33.0 Å². The lowest BCUT2D eigenvalue weighted by Crippen LogP contribution is -2.34. The van der Waals surface area contributed by atoms with E-state index < -0.39 is 0 Å². The molecule has 0 spiro atoms. The molecule has 1 N–H and O–H groups in total. The van der Waals surface area contributed by atoms with Crippen LogP contribution in [0.3, 0.4) is 0 Å². The Morgan fingerprint density at radius 2 is 2.00 bits per heavy atom. The normalized spacial score (nSPS) is 12.1. The summed E-state index contributed by atoms with van der Waals surface area (Å²) in [5, 5.41) is 9.09. The first-order valence-electron chi connectivity index (χ1n) is 8.05. The highest BCUT2D eigenvalue weighted by Gasteiger charge is 2.15. The fraction of sp³-hybridized carbons (Fsp3) is 0.278. The summed E-state index contributed by atoms with van der Waals surface area (Å²) in [6.45, 7) is 4.05. The number of thiophene rings is 1. The average Bonchev–Trinajstić information content (AvgIpc) is 3.21. The van der Waals surface area contributed by atoms with Gasteiger partial charge in [0.2, 0.25) is 5.91 Å². The molecule has 0 radical (unpaired) electrons. The van der Waals surface area contributed by atoms with Gasteiger partial charge in [-0.1, -0.05) is 36.4 Å². The maximum absolute atomic E-state index is 12.5. The minimum Gasteiger partial charge on any atom is -0.347 e. The van der Waals surface area contributed by atoms with Gasteiger partial charge in [0.1, 0.15) is 12.4 Å². The molecule has 1 atom stereocenters. The Hall–Kier alpha value is -2.67. The van der Waals surface area contributed by atoms with Gasteiger partial charge in [0.15, 0.2) is 0 Å². The highest BCUT2D eigenvalue weighted by Crippen LogP contribution is 2.17. The van der Waals surface area contributed by atoms with Crippen LogP contribution in [0.1, 0.15) is 29.2 Å². The van der Waals surface area contributed by atoms with Gasteiger partial charge in [-0.25, -0.2) is 9.48 Å². The van der Waals surface area contributed by atoms with Crippen molar-refractivity contribution in [3.63, 3.8) is 0 Å². The van der Waals surface area contributed by atoms with Gasteiger partial charge in [-0.05, 0) is 30.9 Å². The van der Waals surface area contributed by atoms with Crippen LogP contribution < -0.4 is 11.0 Å². The molecular formula is C18H20N4O2S. The van der Waals surface area contributed by atoms with Crippen LogP contribution in [0.2, 0.25) is 0 Å². The number of hydrogen-bond acceptors (Lipinski definition) is 4. The van der Waals surface area contributed by atoms with Gasteiger partial charge in [-0.2, -0.15) is 5.10 Å². The maximum Gasteiger partial charge on any atom is 0.346 e. The van der Waals surface area contributed by atoms with Gasteiger partial charge in [-0.3, -0.25) is 9.36 Å². The number of nitrogens with zero attached hydrogens (tertiary/aromatic N) is 3. The standard InChI is InChI=1S/C18H20N4O2S/c1-13(16-9-6-10-25-16)19-17(23)12-22-18(24)21(14(2)20-22)11-15-7-4-3-5-8-15/h3-10,13H,11-12H2,1-2H3,(H,19,23)/t13-/m1/s1. The molecule has 0 unspecified atom stereocenters. The largest absolute Gasteiger partial charge is 0.347 e. The maximum atomic E-state index is 12.5. The summed E-state index contributed by atoms with van der Waals surface area (Å²) in [6, 6.07) is 13.5. The lowest BCUT2D eigenvalue weighted by atomic mass is 10.2. The van der Waals surface area contributed by atoms with E-state index in [-0.39, 0.29) is 24.2 Å². The molecule has 0 saturated carbocycles. The van der Waals surface area contributed by atoms with Gasteiger partial charge >= 0.3 is 5.69 Å². The van der Waals surface area contributed by atoms with Gasteiger partial charge < -0.3 is 5.32 Å². The Labute approximate surface area is 149 Å². The third kappa shape index (κ3) is 4.06. The number of hydrogen-bond donors (Lipinski definition) is 1. The third-order valence-electron chi connectivity index (χ3n) is 3.93. The summed E-state index contributed by atoms with van der Waals surface area (Å²) in [7, 11) is 0. The van der Waals surface area contributed by atoms with Crippen molar-refractivity contribution in [1.82, 2.24) is 19.7 Å². The topological polar surface area (TPSA) is 68.9 Å². The van der Waals surface area contributed by atoms with Crippen LogP contribution in [0.4, 0.5) is 0 Å². The van der Waals surface area contributed by atoms with E-state index in [4.69, 9.17) is 0 Å². The van der Waals surface area contributed by atoms with Crippen LogP contribution in [-0.2, 0) is 17.9 Å². The smallest absolute Gasteiger partial charge is 0.346 e. The van der Waals surface area contributed by atoms with Gasteiger partial charge in [0, 0.05) is 4.88 Å². The van der Waals surface area contributed by atoms with E-state index in [1.165, 1.54) is 4.68 Å². The zero-order chi connectivity index (χ0) is 17.8. The van der Waals surface area contributed by atoms with E-state index in [0.717, 1.165) is 10.4 Å². The van der Waals surface area contributed by atoms with Crippen molar-refractivity contribution in [3.05, 3.63) is 74.6 Å². The number of aryl methyl sites for hydroxylation is 1. The number of aromatic nitrogens is 3. The Morgan fingerprint density at radius 1 is 1.24 bits per heavy atom. The van der Waals surface area contributed by atoms with Crippen LogP contribution in [-0.4, -0.2) is 20.3 Å². The van der Waals surface area contributed by atoms with E-state index in [1.807, 2.05) is 54.8 Å².